The molecule has 0 saturated heterocycles. The first-order chi connectivity index (χ1) is 16.7. The van der Waals surface area contributed by atoms with Crippen molar-refractivity contribution in [1.29, 1.82) is 0 Å². The monoisotopic (exact) mass is 515 g/mol. The zero-order chi connectivity index (χ0) is 25.4. The summed E-state index contributed by atoms with van der Waals surface area (Å²) in [4.78, 5) is 12.4. The predicted molar refractivity (Wildman–Crippen MR) is 138 cm³/mol. The second-order valence-electron chi connectivity index (χ2n) is 7.68. The molecule has 0 aliphatic rings. The standard InChI is InChI=1S/C25H26ClN3O5S/c1-18-9-11-21(14-22(18)26)29(35(3,31)32)16-25(30)28-27-15-20-10-12-23(24(13-20)33-2)34-17-19-7-5-4-6-8-19/h4-15H,16-17H2,1-3H3,(H,28,30)/b27-15-. The molecule has 0 saturated carbocycles. The van der Waals surface area contributed by atoms with E-state index in [9.17, 15) is 13.2 Å². The number of sulfonamides is 1. The fourth-order valence-corrected chi connectivity index (χ4v) is 4.12. The highest BCUT2D eigenvalue weighted by Crippen LogP contribution is 2.28. The van der Waals surface area contributed by atoms with Crippen LogP contribution in [0.15, 0.2) is 71.8 Å². The second-order valence-corrected chi connectivity index (χ2v) is 9.99. The summed E-state index contributed by atoms with van der Waals surface area (Å²) in [5.41, 5.74) is 5.11. The minimum Gasteiger partial charge on any atom is -0.493 e. The zero-order valence-corrected chi connectivity index (χ0v) is 21.1. The fourth-order valence-electron chi connectivity index (χ4n) is 3.10. The van der Waals surface area contributed by atoms with Gasteiger partial charge in [0, 0.05) is 5.02 Å². The molecule has 0 aromatic heterocycles. The Hall–Kier alpha value is -3.56. The third-order valence-electron chi connectivity index (χ3n) is 4.96. The number of aryl methyl sites for hydroxylation is 1. The van der Waals surface area contributed by atoms with E-state index in [1.807, 2.05) is 30.3 Å². The van der Waals surface area contributed by atoms with Crippen molar-refractivity contribution in [3.8, 4) is 11.5 Å². The molecule has 10 heteroatoms. The van der Waals surface area contributed by atoms with Gasteiger partial charge in [0.15, 0.2) is 11.5 Å². The van der Waals surface area contributed by atoms with Crippen LogP contribution >= 0.6 is 11.6 Å². The van der Waals surface area contributed by atoms with E-state index in [1.54, 1.807) is 37.3 Å². The maximum absolute atomic E-state index is 12.4. The zero-order valence-electron chi connectivity index (χ0n) is 19.6. The molecule has 8 nitrogen and oxygen atoms in total. The summed E-state index contributed by atoms with van der Waals surface area (Å²) in [5.74, 6) is 0.465. The van der Waals surface area contributed by atoms with Crippen molar-refractivity contribution in [3.05, 3.63) is 88.4 Å². The lowest BCUT2D eigenvalue weighted by Crippen LogP contribution is -2.39. The highest BCUT2D eigenvalue weighted by Gasteiger charge is 2.21. The molecule has 3 aromatic carbocycles. The van der Waals surface area contributed by atoms with E-state index in [1.165, 1.54) is 19.4 Å². The Morgan fingerprint density at radius 1 is 1.09 bits per heavy atom. The predicted octanol–water partition coefficient (Wildman–Crippen LogP) is 4.15. The van der Waals surface area contributed by atoms with E-state index in [0.717, 1.165) is 21.7 Å². The average Bonchev–Trinajstić information content (AvgIpc) is 2.83. The van der Waals surface area contributed by atoms with Gasteiger partial charge in [-0.15, -0.1) is 0 Å². The molecule has 0 bridgehead atoms. The van der Waals surface area contributed by atoms with Gasteiger partial charge in [0.05, 0.1) is 25.3 Å². The lowest BCUT2D eigenvalue weighted by atomic mass is 10.2. The molecule has 0 spiro atoms. The van der Waals surface area contributed by atoms with E-state index in [0.29, 0.717) is 28.7 Å². The van der Waals surface area contributed by atoms with Gasteiger partial charge in [-0.3, -0.25) is 9.10 Å². The molecule has 0 radical (unpaired) electrons. The van der Waals surface area contributed by atoms with E-state index < -0.39 is 22.5 Å². The summed E-state index contributed by atoms with van der Waals surface area (Å²) in [6, 6.07) is 19.8. The number of nitrogens with zero attached hydrogens (tertiary/aromatic N) is 2. The molecule has 35 heavy (non-hydrogen) atoms. The number of carbonyl (C=O) groups is 1. The smallest absolute Gasteiger partial charge is 0.260 e. The van der Waals surface area contributed by atoms with E-state index in [-0.39, 0.29) is 5.69 Å². The lowest BCUT2D eigenvalue weighted by molar-refractivity contribution is -0.119. The summed E-state index contributed by atoms with van der Waals surface area (Å²) in [7, 11) is -2.20. The number of ether oxygens (including phenoxy) is 2. The van der Waals surface area contributed by atoms with Crippen molar-refractivity contribution in [3.63, 3.8) is 0 Å². The van der Waals surface area contributed by atoms with Crippen LogP contribution in [0.2, 0.25) is 5.02 Å². The van der Waals surface area contributed by atoms with E-state index in [4.69, 9.17) is 21.1 Å². The first-order valence-electron chi connectivity index (χ1n) is 10.6. The van der Waals surface area contributed by atoms with Crippen molar-refractivity contribution in [1.82, 2.24) is 5.43 Å². The quantitative estimate of drug-likeness (QED) is 0.323. The molecular weight excluding hydrogens is 490 g/mol. The van der Waals surface area contributed by atoms with Gasteiger partial charge in [-0.25, -0.2) is 13.8 Å². The number of rotatable bonds is 10. The molecule has 0 aliphatic carbocycles. The molecule has 3 rings (SSSR count). The molecule has 0 heterocycles. The van der Waals surface area contributed by atoms with Crippen LogP contribution in [0.1, 0.15) is 16.7 Å². The van der Waals surface area contributed by atoms with Crippen LogP contribution < -0.4 is 19.2 Å². The summed E-state index contributed by atoms with van der Waals surface area (Å²) in [6.45, 7) is 1.74. The van der Waals surface area contributed by atoms with E-state index >= 15 is 0 Å². The number of benzene rings is 3. The van der Waals surface area contributed by atoms with Gasteiger partial charge >= 0.3 is 0 Å². The molecule has 0 fully saturated rings. The number of hydrogen-bond acceptors (Lipinski definition) is 6. The number of hydrazone groups is 1. The van der Waals surface area contributed by atoms with Crippen LogP contribution in [-0.2, 0) is 21.4 Å². The van der Waals surface area contributed by atoms with Crippen LogP contribution in [0.5, 0.6) is 11.5 Å². The van der Waals surface area contributed by atoms with Gasteiger partial charge in [0.25, 0.3) is 5.91 Å². The Morgan fingerprint density at radius 3 is 2.49 bits per heavy atom. The number of nitrogens with one attached hydrogen (secondary N) is 1. The Kier molecular flexibility index (Phi) is 8.73. The number of anilines is 1. The summed E-state index contributed by atoms with van der Waals surface area (Å²) in [5, 5.41) is 4.33. The van der Waals surface area contributed by atoms with Crippen LogP contribution in [0, 0.1) is 6.92 Å². The minimum absolute atomic E-state index is 0.290. The van der Waals surface area contributed by atoms with Crippen molar-refractivity contribution < 1.29 is 22.7 Å². The Bertz CT molecular complexity index is 1310. The molecule has 3 aromatic rings. The van der Waals surface area contributed by atoms with Gasteiger partial charge < -0.3 is 9.47 Å². The lowest BCUT2D eigenvalue weighted by Gasteiger charge is -2.21. The first-order valence-corrected chi connectivity index (χ1v) is 12.8. The third kappa shape index (κ3) is 7.46. The number of methoxy groups -OCH3 is 1. The topological polar surface area (TPSA) is 97.3 Å². The number of carbonyl (C=O) groups excluding carboxylic acids is 1. The normalized spacial score (nSPS) is 11.3. The van der Waals surface area contributed by atoms with Crippen LogP contribution in [-0.4, -0.2) is 40.4 Å². The molecule has 1 amide bonds. The summed E-state index contributed by atoms with van der Waals surface area (Å²) < 4.78 is 36.7. The highest BCUT2D eigenvalue weighted by atomic mass is 35.5. The molecule has 184 valence electrons. The van der Waals surface area contributed by atoms with Gasteiger partial charge in [-0.2, -0.15) is 5.10 Å². The van der Waals surface area contributed by atoms with Crippen molar-refractivity contribution in [2.45, 2.75) is 13.5 Å². The fraction of sp³-hybridized carbons (Fsp3) is 0.200. The summed E-state index contributed by atoms with van der Waals surface area (Å²) >= 11 is 6.12. The maximum Gasteiger partial charge on any atom is 0.260 e. The molecule has 0 unspecified atom stereocenters. The van der Waals surface area contributed by atoms with Crippen LogP contribution in [0.4, 0.5) is 5.69 Å². The third-order valence-corrected chi connectivity index (χ3v) is 6.51. The number of halogens is 1. The summed E-state index contributed by atoms with van der Waals surface area (Å²) in [6.07, 6.45) is 2.44. The minimum atomic E-state index is -3.73. The number of hydrogen-bond donors (Lipinski definition) is 1. The molecular formula is C25H26ClN3O5S. The van der Waals surface area contributed by atoms with Gasteiger partial charge in [0.2, 0.25) is 10.0 Å². The van der Waals surface area contributed by atoms with Crippen molar-refractivity contribution >= 4 is 39.4 Å². The molecule has 0 aliphatic heterocycles. The largest absolute Gasteiger partial charge is 0.493 e. The van der Waals surface area contributed by atoms with E-state index in [2.05, 4.69) is 10.5 Å². The van der Waals surface area contributed by atoms with Gasteiger partial charge in [0.1, 0.15) is 13.2 Å². The maximum atomic E-state index is 12.4. The van der Waals surface area contributed by atoms with Crippen molar-refractivity contribution in [2.24, 2.45) is 5.10 Å². The Morgan fingerprint density at radius 2 is 1.83 bits per heavy atom. The van der Waals surface area contributed by atoms with Crippen LogP contribution in [0.25, 0.3) is 0 Å². The molecule has 1 N–H and O–H groups in total. The molecule has 0 atom stereocenters. The van der Waals surface area contributed by atoms with Crippen molar-refractivity contribution in [2.75, 3.05) is 24.2 Å². The van der Waals surface area contributed by atoms with Crippen LogP contribution in [0.3, 0.4) is 0 Å². The second kappa shape index (κ2) is 11.7. The highest BCUT2D eigenvalue weighted by molar-refractivity contribution is 7.92. The first kappa shape index (κ1) is 26.1. The van der Waals surface area contributed by atoms with Gasteiger partial charge in [-0.05, 0) is 53.9 Å². The average molecular weight is 516 g/mol. The number of amides is 1. The SMILES string of the molecule is COc1cc(/C=N\NC(=O)CN(c2ccc(C)c(Cl)c2)S(C)(=O)=O)ccc1OCc1ccccc1. The van der Waals surface area contributed by atoms with Gasteiger partial charge in [-0.1, -0.05) is 48.0 Å². The Balaban J connectivity index is 1.64. The Labute approximate surface area is 210 Å².